The van der Waals surface area contributed by atoms with E-state index >= 15 is 0 Å². The lowest BCUT2D eigenvalue weighted by Gasteiger charge is -2.32. The lowest BCUT2D eigenvalue weighted by atomic mass is 9.95. The monoisotopic (exact) mass is 497 g/mol. The van der Waals surface area contributed by atoms with Crippen LogP contribution in [0.4, 0.5) is 17.1 Å². The number of hydrogen-bond acceptors (Lipinski definition) is 5. The highest BCUT2D eigenvalue weighted by atomic mass is 16.2. The number of carbonyl (C=O) groups is 2. The molecule has 4 rings (SSSR count). The summed E-state index contributed by atoms with van der Waals surface area (Å²) < 4.78 is 0. The van der Waals surface area contributed by atoms with Gasteiger partial charge in [0, 0.05) is 37.0 Å². The molecule has 3 aromatic rings. The number of rotatable bonds is 8. The number of nitrogens with one attached hydrogen (secondary N) is 2. The first-order valence-electron chi connectivity index (χ1n) is 12.7. The molecule has 2 amide bonds. The Morgan fingerprint density at radius 1 is 0.946 bits per heavy atom. The maximum Gasteiger partial charge on any atom is 0.300 e. The van der Waals surface area contributed by atoms with Crippen LogP contribution >= 0.6 is 0 Å². The summed E-state index contributed by atoms with van der Waals surface area (Å²) in [7, 11) is 0. The van der Waals surface area contributed by atoms with E-state index in [0.717, 1.165) is 46.7 Å². The van der Waals surface area contributed by atoms with E-state index in [1.807, 2.05) is 87.5 Å². The van der Waals surface area contributed by atoms with Crippen LogP contribution in [0.25, 0.3) is 0 Å². The Kier molecular flexibility index (Phi) is 7.34. The first-order valence-corrected chi connectivity index (χ1v) is 12.7. The van der Waals surface area contributed by atoms with Gasteiger partial charge in [-0.3, -0.25) is 9.59 Å². The van der Waals surface area contributed by atoms with Crippen molar-refractivity contribution in [2.75, 3.05) is 28.3 Å². The minimum Gasteiger partial charge on any atom is -0.372 e. The lowest BCUT2D eigenvalue weighted by molar-refractivity contribution is -0.127. The fraction of sp³-hybridized carbons (Fsp3) is 0.300. The van der Waals surface area contributed by atoms with E-state index in [2.05, 4.69) is 29.4 Å². The van der Waals surface area contributed by atoms with Crippen molar-refractivity contribution in [1.82, 2.24) is 5.32 Å². The third-order valence-corrected chi connectivity index (χ3v) is 6.65. The number of hydrazone groups is 1. The van der Waals surface area contributed by atoms with Crippen molar-refractivity contribution in [3.8, 4) is 0 Å². The molecule has 7 heteroatoms. The Balaban J connectivity index is 1.86. The average molecular weight is 498 g/mol. The molecule has 1 aliphatic heterocycles. The van der Waals surface area contributed by atoms with Crippen LogP contribution in [0.5, 0.6) is 0 Å². The van der Waals surface area contributed by atoms with Crippen LogP contribution in [0.3, 0.4) is 0 Å². The molecule has 192 valence electrons. The topological polar surface area (TPSA) is 77.0 Å². The summed E-state index contributed by atoms with van der Waals surface area (Å²) in [5.41, 5.74) is 5.06. The van der Waals surface area contributed by atoms with Crippen molar-refractivity contribution >= 4 is 34.6 Å². The molecular weight excluding hydrogens is 462 g/mol. The third-order valence-electron chi connectivity index (χ3n) is 6.65. The van der Waals surface area contributed by atoms with E-state index in [9.17, 15) is 9.59 Å². The number of aryl methyl sites for hydroxylation is 3. The summed E-state index contributed by atoms with van der Waals surface area (Å²) in [6.07, 6.45) is 0. The second-order valence-corrected chi connectivity index (χ2v) is 9.45. The quantitative estimate of drug-likeness (QED) is 0.422. The molecule has 1 aliphatic rings. The van der Waals surface area contributed by atoms with E-state index in [1.54, 1.807) is 0 Å². The van der Waals surface area contributed by atoms with Gasteiger partial charge in [0.1, 0.15) is 5.71 Å². The van der Waals surface area contributed by atoms with Gasteiger partial charge >= 0.3 is 5.91 Å². The Morgan fingerprint density at radius 2 is 1.54 bits per heavy atom. The van der Waals surface area contributed by atoms with Crippen LogP contribution < -0.4 is 20.5 Å². The van der Waals surface area contributed by atoms with Crippen LogP contribution in [0.1, 0.15) is 43.0 Å². The van der Waals surface area contributed by atoms with Gasteiger partial charge in [-0.1, -0.05) is 48.0 Å². The predicted octanol–water partition coefficient (Wildman–Crippen LogP) is 5.15. The highest BCUT2D eigenvalue weighted by molar-refractivity contribution is 6.31. The zero-order chi connectivity index (χ0) is 26.7. The Morgan fingerprint density at radius 3 is 2.08 bits per heavy atom. The summed E-state index contributed by atoms with van der Waals surface area (Å²) in [5.74, 6) is -0.715. The Labute approximate surface area is 219 Å². The largest absolute Gasteiger partial charge is 0.372 e. The van der Waals surface area contributed by atoms with Gasteiger partial charge in [-0.25, -0.2) is 0 Å². The van der Waals surface area contributed by atoms with Gasteiger partial charge in [0.15, 0.2) is 0 Å². The SMILES string of the molecule is CCN(CC)c1ccc(NC2(NC(C)=O)C(=O)N(c3c(C)cc(C)cc3C)N=C2c2ccccc2)cc1. The molecule has 0 fully saturated rings. The smallest absolute Gasteiger partial charge is 0.300 e. The van der Waals surface area contributed by atoms with Gasteiger partial charge in [0.05, 0.1) is 5.69 Å². The second-order valence-electron chi connectivity index (χ2n) is 9.45. The first-order chi connectivity index (χ1) is 17.7. The van der Waals surface area contributed by atoms with Gasteiger partial charge in [-0.05, 0) is 70.0 Å². The number of amides is 2. The zero-order valence-corrected chi connectivity index (χ0v) is 22.4. The van der Waals surface area contributed by atoms with Crippen LogP contribution in [-0.4, -0.2) is 36.3 Å². The molecule has 0 saturated carbocycles. The molecule has 1 atom stereocenters. The normalized spacial score (nSPS) is 17.0. The van der Waals surface area contributed by atoms with Crippen molar-refractivity contribution in [3.05, 3.63) is 89.0 Å². The zero-order valence-electron chi connectivity index (χ0n) is 22.4. The molecule has 0 spiro atoms. The van der Waals surface area contributed by atoms with Crippen molar-refractivity contribution in [2.45, 2.75) is 47.2 Å². The molecule has 0 bridgehead atoms. The van der Waals surface area contributed by atoms with Gasteiger partial charge in [0.25, 0.3) is 0 Å². The maximum absolute atomic E-state index is 14.3. The molecular formula is C30H35N5O2. The number of anilines is 3. The van der Waals surface area contributed by atoms with Crippen molar-refractivity contribution in [2.24, 2.45) is 5.10 Å². The fourth-order valence-corrected chi connectivity index (χ4v) is 5.09. The molecule has 2 N–H and O–H groups in total. The van der Waals surface area contributed by atoms with Gasteiger partial charge in [0.2, 0.25) is 11.6 Å². The van der Waals surface area contributed by atoms with Crippen molar-refractivity contribution in [3.63, 3.8) is 0 Å². The van der Waals surface area contributed by atoms with Gasteiger partial charge < -0.3 is 15.5 Å². The van der Waals surface area contributed by atoms with Crippen molar-refractivity contribution in [1.29, 1.82) is 0 Å². The summed E-state index contributed by atoms with van der Waals surface area (Å²) in [6.45, 7) is 13.4. The molecule has 1 heterocycles. The molecule has 37 heavy (non-hydrogen) atoms. The van der Waals surface area contributed by atoms with E-state index in [-0.39, 0.29) is 11.8 Å². The van der Waals surface area contributed by atoms with Gasteiger partial charge in [-0.15, -0.1) is 0 Å². The van der Waals surface area contributed by atoms with E-state index in [0.29, 0.717) is 11.4 Å². The first kappa shape index (κ1) is 25.9. The van der Waals surface area contributed by atoms with Crippen molar-refractivity contribution < 1.29 is 9.59 Å². The minimum absolute atomic E-state index is 0.344. The molecule has 1 unspecified atom stereocenters. The fourth-order valence-electron chi connectivity index (χ4n) is 5.09. The Bertz CT molecular complexity index is 1310. The maximum atomic E-state index is 14.3. The van der Waals surface area contributed by atoms with Crippen LogP contribution in [0, 0.1) is 20.8 Å². The summed E-state index contributed by atoms with van der Waals surface area (Å²) >= 11 is 0. The molecule has 0 aliphatic carbocycles. The van der Waals surface area contributed by atoms with E-state index < -0.39 is 5.66 Å². The highest BCUT2D eigenvalue weighted by Crippen LogP contribution is 2.35. The van der Waals surface area contributed by atoms with Crippen LogP contribution in [0.2, 0.25) is 0 Å². The molecule has 0 radical (unpaired) electrons. The summed E-state index contributed by atoms with van der Waals surface area (Å²) in [5, 5.41) is 12.6. The molecule has 3 aromatic carbocycles. The number of nitrogens with zero attached hydrogens (tertiary/aromatic N) is 3. The average Bonchev–Trinajstić information content (AvgIpc) is 3.12. The molecule has 0 aromatic heterocycles. The summed E-state index contributed by atoms with van der Waals surface area (Å²) in [4.78, 5) is 29.2. The summed E-state index contributed by atoms with van der Waals surface area (Å²) in [6, 6.07) is 21.4. The Hall–Kier alpha value is -4.13. The standard InChI is InChI=1S/C30H35N5O2/c1-7-34(8-2)26-16-14-25(15-17-26)32-30(31-23(6)36)28(24-12-10-9-11-13-24)33-35(29(30)37)27-21(4)18-20(3)19-22(27)5/h9-19,32H,7-8H2,1-6H3,(H,31,36). The van der Waals surface area contributed by atoms with E-state index in [4.69, 9.17) is 5.10 Å². The molecule has 7 nitrogen and oxygen atoms in total. The number of carbonyl (C=O) groups excluding carboxylic acids is 2. The van der Waals surface area contributed by atoms with Crippen LogP contribution in [0.15, 0.2) is 71.8 Å². The predicted molar refractivity (Wildman–Crippen MR) is 151 cm³/mol. The number of hydrogen-bond donors (Lipinski definition) is 2. The molecule has 0 saturated heterocycles. The third kappa shape index (κ3) is 4.94. The van der Waals surface area contributed by atoms with Crippen LogP contribution in [-0.2, 0) is 9.59 Å². The van der Waals surface area contributed by atoms with E-state index in [1.165, 1.54) is 11.9 Å². The lowest BCUT2D eigenvalue weighted by Crippen LogP contribution is -2.64. The number of benzene rings is 3. The second kappa shape index (κ2) is 10.5. The minimum atomic E-state index is -1.59. The highest BCUT2D eigenvalue weighted by Gasteiger charge is 2.54. The van der Waals surface area contributed by atoms with Gasteiger partial charge in [-0.2, -0.15) is 10.1 Å².